The molecule has 5 heterocycles. The van der Waals surface area contributed by atoms with Crippen LogP contribution in [0.15, 0.2) is 48.0 Å². The molecule has 2 N–H and O–H groups in total. The minimum absolute atomic E-state index is 0.165. The number of aryl methyl sites for hydroxylation is 1. The van der Waals surface area contributed by atoms with E-state index >= 15 is 0 Å². The summed E-state index contributed by atoms with van der Waals surface area (Å²) in [5.41, 5.74) is 3.58. The molecule has 0 radical (unpaired) electrons. The second-order valence-electron chi connectivity index (χ2n) is 10.2. The smallest absolute Gasteiger partial charge is 0.166 e. The molecule has 2 aliphatic rings. The van der Waals surface area contributed by atoms with Crippen molar-refractivity contribution < 1.29 is 24.4 Å². The minimum Gasteiger partial charge on any atom is -0.508 e. The van der Waals surface area contributed by atoms with Gasteiger partial charge in [-0.15, -0.1) is 0 Å². The number of phenols is 1. The van der Waals surface area contributed by atoms with E-state index in [9.17, 15) is 10.2 Å². The molecule has 1 aromatic carbocycles. The van der Waals surface area contributed by atoms with Crippen LogP contribution < -0.4 is 0 Å². The van der Waals surface area contributed by atoms with Gasteiger partial charge in [-0.25, -0.2) is 15.0 Å². The number of aliphatic imine (C=N–C) groups is 1. The van der Waals surface area contributed by atoms with Crippen LogP contribution in [-0.4, -0.2) is 78.7 Å². The molecule has 0 amide bonds. The number of hydrogen-bond acceptors (Lipinski definition) is 9. The van der Waals surface area contributed by atoms with Gasteiger partial charge in [0.15, 0.2) is 17.8 Å². The van der Waals surface area contributed by atoms with Crippen LogP contribution in [0.25, 0.3) is 21.9 Å². The molecule has 11 nitrogen and oxygen atoms in total. The van der Waals surface area contributed by atoms with Gasteiger partial charge in [0, 0.05) is 37.4 Å². The topological polar surface area (TPSA) is 127 Å². The van der Waals surface area contributed by atoms with Crippen LogP contribution in [0.2, 0.25) is 0 Å². The first-order valence-corrected chi connectivity index (χ1v) is 12.5. The van der Waals surface area contributed by atoms with E-state index < -0.39 is 18.1 Å². The lowest BCUT2D eigenvalue weighted by atomic mass is 10.0. The summed E-state index contributed by atoms with van der Waals surface area (Å²) < 4.78 is 20.1. The second-order valence-corrected chi connectivity index (χ2v) is 10.2. The molecule has 198 valence electrons. The number of aliphatic hydroxyl groups is 1. The van der Waals surface area contributed by atoms with E-state index in [0.717, 1.165) is 27.4 Å². The molecule has 0 saturated carbocycles. The molecule has 2 fully saturated rings. The Morgan fingerprint density at radius 2 is 1.95 bits per heavy atom. The molecule has 0 unspecified atom stereocenters. The van der Waals surface area contributed by atoms with Gasteiger partial charge < -0.3 is 33.9 Å². The van der Waals surface area contributed by atoms with Gasteiger partial charge in [-0.1, -0.05) is 0 Å². The highest BCUT2D eigenvalue weighted by Gasteiger charge is 2.55. The third kappa shape index (κ3) is 4.27. The lowest BCUT2D eigenvalue weighted by molar-refractivity contribution is -0.199. The molecule has 38 heavy (non-hydrogen) atoms. The number of aliphatic hydroxyl groups excluding tert-OH is 1. The van der Waals surface area contributed by atoms with Crippen LogP contribution >= 0.6 is 0 Å². The van der Waals surface area contributed by atoms with Gasteiger partial charge in [-0.05, 0) is 50.1 Å². The standard InChI is InChI=1S/C27H30N6O5/c1-15-16(10-28-20-9-17(35)5-6-18(15)20)11-32(4)14-31-24-19-7-8-33(25(19)30-13-29-24)26-23-22(21(12-34)36-26)37-27(2,3)38-23/h5-10,13-14,21-23,26,34-35H,11-12H2,1-4H3/b31-14+/t21-,22-,23-,26-/m1/s1. The van der Waals surface area contributed by atoms with Crippen molar-refractivity contribution in [2.75, 3.05) is 13.7 Å². The number of fused-ring (bicyclic) bond motifs is 3. The monoisotopic (exact) mass is 518 g/mol. The summed E-state index contributed by atoms with van der Waals surface area (Å²) in [6.07, 6.45) is 5.17. The van der Waals surface area contributed by atoms with E-state index in [0.29, 0.717) is 18.0 Å². The fourth-order valence-electron chi connectivity index (χ4n) is 5.28. The van der Waals surface area contributed by atoms with Crippen LogP contribution in [0.3, 0.4) is 0 Å². The van der Waals surface area contributed by atoms with Crippen molar-refractivity contribution in [3.05, 3.63) is 54.1 Å². The Morgan fingerprint density at radius 1 is 1.13 bits per heavy atom. The Bertz CT molecular complexity index is 1540. The Balaban J connectivity index is 1.24. The first-order valence-electron chi connectivity index (χ1n) is 12.5. The predicted molar refractivity (Wildman–Crippen MR) is 140 cm³/mol. The number of phenolic OH excluding ortho intramolecular Hbond substituents is 1. The van der Waals surface area contributed by atoms with Crippen molar-refractivity contribution in [3.8, 4) is 5.75 Å². The number of pyridine rings is 1. The van der Waals surface area contributed by atoms with Crippen molar-refractivity contribution >= 4 is 34.1 Å². The predicted octanol–water partition coefficient (Wildman–Crippen LogP) is 3.20. The number of aromatic nitrogens is 4. The Labute approximate surface area is 219 Å². The van der Waals surface area contributed by atoms with E-state index in [1.165, 1.54) is 6.33 Å². The molecule has 2 saturated heterocycles. The van der Waals surface area contributed by atoms with E-state index in [1.807, 2.05) is 54.9 Å². The Kier molecular flexibility index (Phi) is 6.03. The minimum atomic E-state index is -0.760. The molecule has 6 rings (SSSR count). The average Bonchev–Trinajstić information content (AvgIpc) is 3.55. The first kappa shape index (κ1) is 24.7. The van der Waals surface area contributed by atoms with Gasteiger partial charge in [0.25, 0.3) is 0 Å². The molecule has 11 heteroatoms. The highest BCUT2D eigenvalue weighted by Crippen LogP contribution is 2.44. The van der Waals surface area contributed by atoms with Gasteiger partial charge in [0.2, 0.25) is 0 Å². The van der Waals surface area contributed by atoms with Crippen LogP contribution in [0, 0.1) is 6.92 Å². The lowest BCUT2D eigenvalue weighted by Gasteiger charge is -2.24. The van der Waals surface area contributed by atoms with Crippen LogP contribution in [0.1, 0.15) is 31.2 Å². The van der Waals surface area contributed by atoms with Crippen LogP contribution in [0.4, 0.5) is 5.82 Å². The maximum absolute atomic E-state index is 9.83. The number of hydrogen-bond donors (Lipinski definition) is 2. The first-order chi connectivity index (χ1) is 18.2. The fraction of sp³-hybridized carbons (Fsp3) is 0.407. The summed E-state index contributed by atoms with van der Waals surface area (Å²) in [5, 5.41) is 21.3. The molecule has 4 atom stereocenters. The summed E-state index contributed by atoms with van der Waals surface area (Å²) in [4.78, 5) is 20.0. The molecular formula is C27H30N6O5. The molecule has 4 aromatic rings. The largest absolute Gasteiger partial charge is 0.508 e. The zero-order valence-electron chi connectivity index (χ0n) is 21.6. The summed E-state index contributed by atoms with van der Waals surface area (Å²) in [6, 6.07) is 7.12. The number of ether oxygens (including phenoxy) is 3. The van der Waals surface area contributed by atoms with Crippen LogP contribution in [0.5, 0.6) is 5.75 Å². The van der Waals surface area contributed by atoms with Crippen molar-refractivity contribution in [3.63, 3.8) is 0 Å². The van der Waals surface area contributed by atoms with Gasteiger partial charge in [0.1, 0.15) is 36.0 Å². The molecule has 0 aliphatic carbocycles. The van der Waals surface area contributed by atoms with Gasteiger partial charge in [-0.3, -0.25) is 4.98 Å². The zero-order chi connectivity index (χ0) is 26.6. The lowest BCUT2D eigenvalue weighted by Crippen LogP contribution is -2.31. The SMILES string of the molecule is Cc1c(CN(C)/C=N/c2ncnc3c2ccn3[C@@H]2O[C@H](CO)[C@H]3OC(C)(C)O[C@H]32)cnc2cc(O)ccc12. The summed E-state index contributed by atoms with van der Waals surface area (Å²) in [5.74, 6) is -0.0304. The third-order valence-corrected chi connectivity index (χ3v) is 7.09. The van der Waals surface area contributed by atoms with Crippen molar-refractivity contribution in [1.29, 1.82) is 0 Å². The Hall–Kier alpha value is -3.64. The molecular weight excluding hydrogens is 488 g/mol. The maximum Gasteiger partial charge on any atom is 0.166 e. The van der Waals surface area contributed by atoms with Gasteiger partial charge in [0.05, 0.1) is 23.8 Å². The average molecular weight is 519 g/mol. The van der Waals surface area contributed by atoms with Crippen molar-refractivity contribution in [2.24, 2.45) is 4.99 Å². The molecule has 0 bridgehead atoms. The highest BCUT2D eigenvalue weighted by molar-refractivity contribution is 5.87. The molecule has 0 spiro atoms. The van der Waals surface area contributed by atoms with Crippen molar-refractivity contribution in [2.45, 2.75) is 57.6 Å². The summed E-state index contributed by atoms with van der Waals surface area (Å²) >= 11 is 0. The van der Waals surface area contributed by atoms with Gasteiger partial charge in [-0.2, -0.15) is 0 Å². The summed E-state index contributed by atoms with van der Waals surface area (Å²) in [6.45, 7) is 6.20. The molecule has 2 aliphatic heterocycles. The highest BCUT2D eigenvalue weighted by atomic mass is 16.8. The normalized spacial score (nSPS) is 24.6. The van der Waals surface area contributed by atoms with Crippen molar-refractivity contribution in [1.82, 2.24) is 24.4 Å². The van der Waals surface area contributed by atoms with Gasteiger partial charge >= 0.3 is 0 Å². The quantitative estimate of drug-likeness (QED) is 0.292. The van der Waals surface area contributed by atoms with E-state index in [2.05, 4.69) is 26.9 Å². The Morgan fingerprint density at radius 3 is 2.76 bits per heavy atom. The third-order valence-electron chi connectivity index (χ3n) is 7.09. The van der Waals surface area contributed by atoms with E-state index in [-0.39, 0.29) is 24.6 Å². The number of benzene rings is 1. The molecule has 3 aromatic heterocycles. The maximum atomic E-state index is 9.83. The second kappa shape index (κ2) is 9.28. The number of rotatable bonds is 6. The number of nitrogens with zero attached hydrogens (tertiary/aromatic N) is 6. The fourth-order valence-corrected chi connectivity index (χ4v) is 5.28. The van der Waals surface area contributed by atoms with Crippen LogP contribution in [-0.2, 0) is 20.8 Å². The zero-order valence-corrected chi connectivity index (χ0v) is 21.6. The van der Waals surface area contributed by atoms with E-state index in [1.54, 1.807) is 18.5 Å². The number of aromatic hydroxyl groups is 1. The van der Waals surface area contributed by atoms with E-state index in [4.69, 9.17) is 14.2 Å². The summed E-state index contributed by atoms with van der Waals surface area (Å²) in [7, 11) is 1.94.